The van der Waals surface area contributed by atoms with Crippen molar-refractivity contribution in [1.82, 2.24) is 19.4 Å². The third kappa shape index (κ3) is 4.96. The van der Waals surface area contributed by atoms with Gasteiger partial charge in [-0.25, -0.2) is 15.0 Å². The third-order valence-corrected chi connectivity index (χ3v) is 4.86. The van der Waals surface area contributed by atoms with E-state index in [0.29, 0.717) is 17.0 Å². The number of aromatic nitrogens is 4. The SMILES string of the molecule is Cc1cnc(-c2ccn3c(-c4cccc(CC(=O)CCC(F)(F)F)c4)cnc3c2)nc1. The molecule has 0 aliphatic rings. The fraction of sp³-hybridized carbons (Fsp3) is 0.217. The molecular weight excluding hydrogens is 405 g/mol. The van der Waals surface area contributed by atoms with Crippen LogP contribution in [0, 0.1) is 6.92 Å². The van der Waals surface area contributed by atoms with Crippen molar-refractivity contribution in [2.75, 3.05) is 0 Å². The molecular formula is C23H19F3N4O. The molecule has 4 aromatic rings. The second kappa shape index (κ2) is 8.29. The first-order valence-electron chi connectivity index (χ1n) is 9.72. The van der Waals surface area contributed by atoms with Crippen LogP contribution in [0.15, 0.2) is 61.2 Å². The number of nitrogens with zero attached hydrogens (tertiary/aromatic N) is 4. The van der Waals surface area contributed by atoms with Crippen LogP contribution >= 0.6 is 0 Å². The minimum atomic E-state index is -4.32. The van der Waals surface area contributed by atoms with Crippen LogP contribution in [0.2, 0.25) is 0 Å². The van der Waals surface area contributed by atoms with Gasteiger partial charge in [0.05, 0.1) is 18.3 Å². The van der Waals surface area contributed by atoms with Crippen molar-refractivity contribution in [3.63, 3.8) is 0 Å². The summed E-state index contributed by atoms with van der Waals surface area (Å²) in [6.07, 6.45) is 1.15. The fourth-order valence-electron chi connectivity index (χ4n) is 3.31. The molecule has 158 valence electrons. The van der Waals surface area contributed by atoms with Crippen LogP contribution in [0.25, 0.3) is 28.3 Å². The van der Waals surface area contributed by atoms with Crippen LogP contribution < -0.4 is 0 Å². The predicted molar refractivity (Wildman–Crippen MR) is 110 cm³/mol. The number of imidazole rings is 1. The van der Waals surface area contributed by atoms with Gasteiger partial charge < -0.3 is 0 Å². The molecule has 0 atom stereocenters. The van der Waals surface area contributed by atoms with Gasteiger partial charge in [0.15, 0.2) is 5.82 Å². The Kier molecular flexibility index (Phi) is 5.54. The van der Waals surface area contributed by atoms with Crippen molar-refractivity contribution in [1.29, 1.82) is 0 Å². The Morgan fingerprint density at radius 1 is 1.00 bits per heavy atom. The zero-order chi connectivity index (χ0) is 22.0. The van der Waals surface area contributed by atoms with E-state index in [1.54, 1.807) is 30.7 Å². The number of Topliss-reactive ketones (excluding diaryl/α,β-unsaturated/α-hetero) is 1. The average Bonchev–Trinajstić information content (AvgIpc) is 3.16. The molecule has 0 unspecified atom stereocenters. The topological polar surface area (TPSA) is 60.2 Å². The molecule has 0 aliphatic carbocycles. The van der Waals surface area contributed by atoms with Gasteiger partial charge in [0.25, 0.3) is 0 Å². The first kappa shape index (κ1) is 20.7. The van der Waals surface area contributed by atoms with Crippen molar-refractivity contribution < 1.29 is 18.0 Å². The van der Waals surface area contributed by atoms with E-state index < -0.39 is 24.8 Å². The molecule has 0 radical (unpaired) electrons. The van der Waals surface area contributed by atoms with Crippen LogP contribution in [0.3, 0.4) is 0 Å². The number of hydrogen-bond donors (Lipinski definition) is 0. The van der Waals surface area contributed by atoms with E-state index in [2.05, 4.69) is 15.0 Å². The number of benzene rings is 1. The second-order valence-corrected chi connectivity index (χ2v) is 7.40. The molecule has 0 N–H and O–H groups in total. The third-order valence-electron chi connectivity index (χ3n) is 4.86. The van der Waals surface area contributed by atoms with Gasteiger partial charge in [0.1, 0.15) is 11.4 Å². The summed E-state index contributed by atoms with van der Waals surface area (Å²) in [5, 5.41) is 0. The minimum Gasteiger partial charge on any atom is -0.300 e. The Morgan fingerprint density at radius 2 is 1.77 bits per heavy atom. The van der Waals surface area contributed by atoms with Crippen LogP contribution in [0.5, 0.6) is 0 Å². The highest BCUT2D eigenvalue weighted by molar-refractivity contribution is 5.81. The normalized spacial score (nSPS) is 11.7. The fourth-order valence-corrected chi connectivity index (χ4v) is 3.31. The first-order chi connectivity index (χ1) is 14.8. The van der Waals surface area contributed by atoms with Crippen LogP contribution in [-0.4, -0.2) is 31.3 Å². The van der Waals surface area contributed by atoms with E-state index >= 15 is 0 Å². The quantitative estimate of drug-likeness (QED) is 0.426. The van der Waals surface area contributed by atoms with E-state index in [1.165, 1.54) is 0 Å². The molecule has 3 aromatic heterocycles. The molecule has 0 fully saturated rings. The average molecular weight is 424 g/mol. The highest BCUT2D eigenvalue weighted by Gasteiger charge is 2.27. The molecule has 31 heavy (non-hydrogen) atoms. The highest BCUT2D eigenvalue weighted by Crippen LogP contribution is 2.26. The number of hydrogen-bond acceptors (Lipinski definition) is 4. The molecule has 0 spiro atoms. The van der Waals surface area contributed by atoms with Gasteiger partial charge in [-0.15, -0.1) is 0 Å². The molecule has 4 rings (SSSR count). The highest BCUT2D eigenvalue weighted by atomic mass is 19.4. The van der Waals surface area contributed by atoms with Crippen LogP contribution in [-0.2, 0) is 11.2 Å². The Hall–Kier alpha value is -3.55. The Balaban J connectivity index is 1.57. The van der Waals surface area contributed by atoms with Gasteiger partial charge in [0, 0.05) is 42.6 Å². The number of carbonyl (C=O) groups is 1. The van der Waals surface area contributed by atoms with E-state index in [9.17, 15) is 18.0 Å². The second-order valence-electron chi connectivity index (χ2n) is 7.40. The summed E-state index contributed by atoms with van der Waals surface area (Å²) in [4.78, 5) is 25.1. The maximum absolute atomic E-state index is 12.3. The predicted octanol–water partition coefficient (Wildman–Crippen LogP) is 5.22. The van der Waals surface area contributed by atoms with Gasteiger partial charge in [-0.2, -0.15) is 13.2 Å². The summed E-state index contributed by atoms with van der Waals surface area (Å²) < 4.78 is 38.9. The van der Waals surface area contributed by atoms with E-state index in [4.69, 9.17) is 0 Å². The molecule has 0 saturated carbocycles. The number of pyridine rings is 1. The summed E-state index contributed by atoms with van der Waals surface area (Å²) in [5.74, 6) is 0.173. The lowest BCUT2D eigenvalue weighted by Gasteiger charge is -2.08. The number of rotatable bonds is 6. The van der Waals surface area contributed by atoms with Crippen LogP contribution in [0.4, 0.5) is 13.2 Å². The van der Waals surface area contributed by atoms with E-state index in [1.807, 2.05) is 41.8 Å². The molecule has 1 aromatic carbocycles. The summed E-state index contributed by atoms with van der Waals surface area (Å²) in [6, 6.07) is 11.0. The molecule has 8 heteroatoms. The number of alkyl halides is 3. The lowest BCUT2D eigenvalue weighted by atomic mass is 10.0. The molecule has 0 saturated heterocycles. The molecule has 0 amide bonds. The maximum Gasteiger partial charge on any atom is 0.389 e. The zero-order valence-corrected chi connectivity index (χ0v) is 16.7. The van der Waals surface area contributed by atoms with Gasteiger partial charge in [0.2, 0.25) is 0 Å². The summed E-state index contributed by atoms with van der Waals surface area (Å²) in [6.45, 7) is 1.92. The van der Waals surface area contributed by atoms with Crippen molar-refractivity contribution in [2.45, 2.75) is 32.4 Å². The number of ketones is 1. The molecule has 5 nitrogen and oxygen atoms in total. The number of fused-ring (bicyclic) bond motifs is 1. The number of aryl methyl sites for hydroxylation is 1. The van der Waals surface area contributed by atoms with Crippen molar-refractivity contribution in [3.8, 4) is 22.6 Å². The standard InChI is InChI=1S/C23H19F3N4O/c1-15-12-28-22(29-13-15)18-6-8-30-20(14-27-21(30)11-18)17-4-2-3-16(9-17)10-19(31)5-7-23(24,25)26/h2-4,6,8-9,11-14H,5,7,10H2,1H3. The lowest BCUT2D eigenvalue weighted by molar-refractivity contribution is -0.143. The van der Waals surface area contributed by atoms with Gasteiger partial charge in [-0.05, 0) is 36.2 Å². The van der Waals surface area contributed by atoms with Gasteiger partial charge >= 0.3 is 6.18 Å². The van der Waals surface area contributed by atoms with E-state index in [0.717, 1.165) is 22.4 Å². The first-order valence-corrected chi connectivity index (χ1v) is 9.72. The van der Waals surface area contributed by atoms with Crippen molar-refractivity contribution in [3.05, 3.63) is 72.3 Å². The minimum absolute atomic E-state index is 0.0322. The molecule has 3 heterocycles. The summed E-state index contributed by atoms with van der Waals surface area (Å²) >= 11 is 0. The van der Waals surface area contributed by atoms with Gasteiger partial charge in [-0.1, -0.05) is 18.2 Å². The van der Waals surface area contributed by atoms with Crippen molar-refractivity contribution in [2.24, 2.45) is 0 Å². The molecule has 0 bridgehead atoms. The van der Waals surface area contributed by atoms with E-state index in [-0.39, 0.29) is 6.42 Å². The number of halogens is 3. The largest absolute Gasteiger partial charge is 0.389 e. The Morgan fingerprint density at radius 3 is 2.52 bits per heavy atom. The number of carbonyl (C=O) groups excluding carboxylic acids is 1. The van der Waals surface area contributed by atoms with Crippen molar-refractivity contribution >= 4 is 11.4 Å². The smallest absolute Gasteiger partial charge is 0.300 e. The molecule has 0 aliphatic heterocycles. The van der Waals surface area contributed by atoms with Crippen LogP contribution in [0.1, 0.15) is 24.0 Å². The lowest BCUT2D eigenvalue weighted by Crippen LogP contribution is -2.12. The zero-order valence-electron chi connectivity index (χ0n) is 16.7. The summed E-state index contributed by atoms with van der Waals surface area (Å²) in [7, 11) is 0. The van der Waals surface area contributed by atoms with Gasteiger partial charge in [-0.3, -0.25) is 9.20 Å². The Labute approximate surface area is 176 Å². The monoisotopic (exact) mass is 424 g/mol. The maximum atomic E-state index is 12.3. The Bertz CT molecular complexity index is 1230. The summed E-state index contributed by atoms with van der Waals surface area (Å²) in [5.41, 5.74) is 4.84.